The Bertz CT molecular complexity index is 353. The number of hydrogen-bond acceptors (Lipinski definition) is 5. The summed E-state index contributed by atoms with van der Waals surface area (Å²) < 4.78 is 30.5. The fourth-order valence-electron chi connectivity index (χ4n) is 0.630. The molecule has 0 amide bonds. The van der Waals surface area contributed by atoms with E-state index in [1.165, 1.54) is 6.39 Å². The number of oxazole rings is 1. The molecular weight excluding hydrogens is 182 g/mol. The minimum Gasteiger partial charge on any atom is -0.448 e. The third kappa shape index (κ3) is 2.63. The van der Waals surface area contributed by atoms with Gasteiger partial charge in [-0.15, -0.1) is 0 Å². The highest BCUT2D eigenvalue weighted by Crippen LogP contribution is 2.06. The lowest BCUT2D eigenvalue weighted by Crippen LogP contribution is -2.03. The smallest absolute Gasteiger partial charge is 0.264 e. The van der Waals surface area contributed by atoms with E-state index in [1.807, 2.05) is 0 Å². The zero-order chi connectivity index (χ0) is 9.19. The van der Waals surface area contributed by atoms with Gasteiger partial charge in [0.1, 0.15) is 18.1 Å². The van der Waals surface area contributed by atoms with Crippen LogP contribution in [0.1, 0.15) is 11.5 Å². The van der Waals surface area contributed by atoms with E-state index in [9.17, 15) is 8.42 Å². The Morgan fingerprint density at radius 2 is 2.33 bits per heavy atom. The standard InChI is InChI=1S/C6H9NO4S/c1-5-6(7-4-10-5)3-11-12(2,8)9/h4H,3H2,1-2H3. The van der Waals surface area contributed by atoms with Gasteiger partial charge in [0.05, 0.1) is 6.26 Å². The van der Waals surface area contributed by atoms with Crippen LogP contribution in [-0.4, -0.2) is 19.7 Å². The van der Waals surface area contributed by atoms with Gasteiger partial charge in [-0.3, -0.25) is 4.18 Å². The third-order valence-corrected chi connectivity index (χ3v) is 1.80. The molecule has 0 aliphatic heterocycles. The molecule has 0 aliphatic rings. The van der Waals surface area contributed by atoms with Gasteiger partial charge in [0.25, 0.3) is 10.1 Å². The molecule has 0 aliphatic carbocycles. The van der Waals surface area contributed by atoms with Gasteiger partial charge in [0.2, 0.25) is 0 Å². The predicted octanol–water partition coefficient (Wildman–Crippen LogP) is 0.459. The molecule has 1 aromatic heterocycles. The maximum atomic E-state index is 10.6. The van der Waals surface area contributed by atoms with E-state index in [4.69, 9.17) is 4.42 Å². The van der Waals surface area contributed by atoms with Gasteiger partial charge < -0.3 is 4.42 Å². The zero-order valence-corrected chi connectivity index (χ0v) is 7.59. The van der Waals surface area contributed by atoms with Crippen LogP contribution in [0.3, 0.4) is 0 Å². The van der Waals surface area contributed by atoms with Crippen LogP contribution in [-0.2, 0) is 20.9 Å². The number of rotatable bonds is 3. The summed E-state index contributed by atoms with van der Waals surface area (Å²) in [4.78, 5) is 3.76. The Kier molecular flexibility index (Phi) is 2.49. The molecule has 0 aromatic carbocycles. The molecule has 1 heterocycles. The topological polar surface area (TPSA) is 69.4 Å². The van der Waals surface area contributed by atoms with Gasteiger partial charge >= 0.3 is 0 Å². The number of hydrogen-bond donors (Lipinski definition) is 0. The van der Waals surface area contributed by atoms with E-state index < -0.39 is 10.1 Å². The van der Waals surface area contributed by atoms with Crippen molar-refractivity contribution in [2.45, 2.75) is 13.5 Å². The van der Waals surface area contributed by atoms with Crippen LogP contribution in [0.2, 0.25) is 0 Å². The van der Waals surface area contributed by atoms with E-state index in [2.05, 4.69) is 9.17 Å². The summed E-state index contributed by atoms with van der Waals surface area (Å²) >= 11 is 0. The Balaban J connectivity index is 2.61. The first-order chi connectivity index (χ1) is 5.49. The molecule has 1 aromatic rings. The Labute approximate surface area is 70.5 Å². The molecule has 0 spiro atoms. The molecule has 6 heteroatoms. The summed E-state index contributed by atoms with van der Waals surface area (Å²) in [6.07, 6.45) is 2.23. The lowest BCUT2D eigenvalue weighted by molar-refractivity contribution is 0.305. The van der Waals surface area contributed by atoms with Crippen molar-refractivity contribution in [3.8, 4) is 0 Å². The Morgan fingerprint density at radius 3 is 2.75 bits per heavy atom. The van der Waals surface area contributed by atoms with E-state index in [0.29, 0.717) is 11.5 Å². The van der Waals surface area contributed by atoms with Crippen LogP contribution >= 0.6 is 0 Å². The first kappa shape index (κ1) is 9.21. The zero-order valence-electron chi connectivity index (χ0n) is 6.77. The summed E-state index contributed by atoms with van der Waals surface area (Å²) in [5.41, 5.74) is 0.500. The molecule has 0 saturated heterocycles. The Morgan fingerprint density at radius 1 is 1.67 bits per heavy atom. The van der Waals surface area contributed by atoms with Crippen molar-refractivity contribution >= 4 is 10.1 Å². The number of aromatic nitrogens is 1. The van der Waals surface area contributed by atoms with Gasteiger partial charge in [-0.05, 0) is 6.92 Å². The molecule has 0 N–H and O–H groups in total. The minimum atomic E-state index is -3.40. The largest absolute Gasteiger partial charge is 0.448 e. The normalized spacial score (nSPS) is 11.8. The lowest BCUT2D eigenvalue weighted by Gasteiger charge is -1.97. The van der Waals surface area contributed by atoms with Crippen molar-refractivity contribution in [2.24, 2.45) is 0 Å². The predicted molar refractivity (Wildman–Crippen MR) is 40.9 cm³/mol. The van der Waals surface area contributed by atoms with Gasteiger partial charge in [-0.25, -0.2) is 4.98 Å². The number of aryl methyl sites for hydroxylation is 1. The maximum absolute atomic E-state index is 10.6. The average Bonchev–Trinajstić information content (AvgIpc) is 2.29. The highest BCUT2D eigenvalue weighted by molar-refractivity contribution is 7.85. The first-order valence-corrected chi connectivity index (χ1v) is 5.04. The molecule has 0 radical (unpaired) electrons. The van der Waals surface area contributed by atoms with Crippen LogP contribution in [0, 0.1) is 6.92 Å². The molecule has 0 atom stereocenters. The second-order valence-corrected chi connectivity index (χ2v) is 3.97. The van der Waals surface area contributed by atoms with Gasteiger partial charge in [-0.2, -0.15) is 8.42 Å². The molecule has 0 fully saturated rings. The van der Waals surface area contributed by atoms with Crippen LogP contribution < -0.4 is 0 Å². The summed E-state index contributed by atoms with van der Waals surface area (Å²) in [6.45, 7) is 1.62. The van der Waals surface area contributed by atoms with E-state index in [-0.39, 0.29) is 6.61 Å². The van der Waals surface area contributed by atoms with Crippen molar-refractivity contribution in [3.63, 3.8) is 0 Å². The molecule has 5 nitrogen and oxygen atoms in total. The van der Waals surface area contributed by atoms with Crippen LogP contribution in [0.4, 0.5) is 0 Å². The molecule has 0 bridgehead atoms. The summed E-state index contributed by atoms with van der Waals surface area (Å²) in [6, 6.07) is 0. The van der Waals surface area contributed by atoms with Crippen LogP contribution in [0.25, 0.3) is 0 Å². The molecule has 1 rings (SSSR count). The fraction of sp³-hybridized carbons (Fsp3) is 0.500. The highest BCUT2D eigenvalue weighted by Gasteiger charge is 2.07. The van der Waals surface area contributed by atoms with Gasteiger partial charge in [-0.1, -0.05) is 0 Å². The number of nitrogens with zero attached hydrogens (tertiary/aromatic N) is 1. The van der Waals surface area contributed by atoms with Gasteiger partial charge in [0.15, 0.2) is 6.39 Å². The van der Waals surface area contributed by atoms with Crippen molar-refractivity contribution in [1.82, 2.24) is 4.98 Å². The second-order valence-electron chi connectivity index (χ2n) is 2.32. The Hall–Kier alpha value is -0.880. The van der Waals surface area contributed by atoms with E-state index >= 15 is 0 Å². The minimum absolute atomic E-state index is 0.0683. The van der Waals surface area contributed by atoms with Gasteiger partial charge in [0, 0.05) is 0 Å². The van der Waals surface area contributed by atoms with Crippen molar-refractivity contribution in [2.75, 3.05) is 6.26 Å². The van der Waals surface area contributed by atoms with Crippen LogP contribution in [0.5, 0.6) is 0 Å². The van der Waals surface area contributed by atoms with E-state index in [0.717, 1.165) is 6.26 Å². The monoisotopic (exact) mass is 191 g/mol. The molecule has 0 unspecified atom stereocenters. The highest BCUT2D eigenvalue weighted by atomic mass is 32.2. The maximum Gasteiger partial charge on any atom is 0.264 e. The van der Waals surface area contributed by atoms with Crippen molar-refractivity contribution < 1.29 is 17.0 Å². The van der Waals surface area contributed by atoms with E-state index in [1.54, 1.807) is 6.92 Å². The molecule has 0 saturated carbocycles. The average molecular weight is 191 g/mol. The fourth-order valence-corrected chi connectivity index (χ4v) is 0.955. The molecule has 12 heavy (non-hydrogen) atoms. The van der Waals surface area contributed by atoms with Crippen molar-refractivity contribution in [1.29, 1.82) is 0 Å². The van der Waals surface area contributed by atoms with Crippen LogP contribution in [0.15, 0.2) is 10.8 Å². The summed E-state index contributed by atoms with van der Waals surface area (Å²) in [7, 11) is -3.40. The molecular formula is C6H9NO4S. The first-order valence-electron chi connectivity index (χ1n) is 3.22. The summed E-state index contributed by atoms with van der Waals surface area (Å²) in [5.74, 6) is 0.568. The third-order valence-electron chi connectivity index (χ3n) is 1.25. The van der Waals surface area contributed by atoms with Crippen molar-refractivity contribution in [3.05, 3.63) is 17.8 Å². The quantitative estimate of drug-likeness (QED) is 0.649. The lowest BCUT2D eigenvalue weighted by atomic mass is 10.4. The second kappa shape index (κ2) is 3.24. The SMILES string of the molecule is Cc1ocnc1COS(C)(=O)=O. The molecule has 68 valence electrons. The summed E-state index contributed by atoms with van der Waals surface area (Å²) in [5, 5.41) is 0.